The average Bonchev–Trinajstić information content (AvgIpc) is 3.61. The summed E-state index contributed by atoms with van der Waals surface area (Å²) < 4.78 is 3.04. The fourth-order valence-corrected chi connectivity index (χ4v) is 4.85. The molecule has 0 unspecified atom stereocenters. The molecule has 2 aromatic heterocycles. The van der Waals surface area contributed by atoms with E-state index in [4.69, 9.17) is 0 Å². The lowest BCUT2D eigenvalue weighted by Gasteiger charge is -2.10. The summed E-state index contributed by atoms with van der Waals surface area (Å²) in [4.78, 5) is 26.6. The van der Waals surface area contributed by atoms with Crippen molar-refractivity contribution < 1.29 is 4.79 Å². The van der Waals surface area contributed by atoms with Gasteiger partial charge in [-0.3, -0.25) is 9.36 Å². The number of rotatable bonds is 11. The molecule has 0 aliphatic rings. The van der Waals surface area contributed by atoms with Crippen LogP contribution in [0.25, 0.3) is 22.5 Å². The van der Waals surface area contributed by atoms with Gasteiger partial charge in [-0.05, 0) is 45.5 Å². The van der Waals surface area contributed by atoms with E-state index in [0.717, 1.165) is 65.6 Å². The van der Waals surface area contributed by atoms with E-state index in [2.05, 4.69) is 27.5 Å². The lowest BCUT2D eigenvalue weighted by atomic mass is 9.98. The zero-order valence-electron chi connectivity index (χ0n) is 22.1. The first-order valence-electron chi connectivity index (χ1n) is 13.4. The molecule has 0 saturated carbocycles. The van der Waals surface area contributed by atoms with E-state index in [9.17, 15) is 9.59 Å². The van der Waals surface area contributed by atoms with Crippen LogP contribution in [0.3, 0.4) is 0 Å². The van der Waals surface area contributed by atoms with E-state index in [1.807, 2.05) is 78.9 Å². The van der Waals surface area contributed by atoms with Gasteiger partial charge in [0.1, 0.15) is 0 Å². The van der Waals surface area contributed by atoms with Crippen LogP contribution in [0.1, 0.15) is 54.2 Å². The molecule has 8 nitrogen and oxygen atoms in total. The van der Waals surface area contributed by atoms with Crippen molar-refractivity contribution in [2.24, 2.45) is 0 Å². The predicted molar refractivity (Wildman–Crippen MR) is 151 cm³/mol. The second-order valence-electron chi connectivity index (χ2n) is 9.72. The van der Waals surface area contributed by atoms with Crippen LogP contribution in [0.2, 0.25) is 0 Å². The first kappa shape index (κ1) is 26.0. The molecule has 0 spiro atoms. The van der Waals surface area contributed by atoms with Gasteiger partial charge in [-0.1, -0.05) is 105 Å². The summed E-state index contributed by atoms with van der Waals surface area (Å²) in [5.41, 5.74) is 5.43. The number of aromatic amines is 1. The quantitative estimate of drug-likeness (QED) is 0.230. The summed E-state index contributed by atoms with van der Waals surface area (Å²) in [6.07, 6.45) is 7.08. The van der Waals surface area contributed by atoms with E-state index >= 15 is 0 Å². The predicted octanol–water partition coefficient (Wildman–Crippen LogP) is 5.55. The Kier molecular flexibility index (Phi) is 8.21. The number of carbonyl (C=O) groups excluding carboxylic acids is 1. The second-order valence-corrected chi connectivity index (χ2v) is 9.72. The van der Waals surface area contributed by atoms with Crippen LogP contribution in [0.4, 0.5) is 0 Å². The average molecular weight is 521 g/mol. The Labute approximate surface area is 227 Å². The van der Waals surface area contributed by atoms with Crippen molar-refractivity contribution >= 4 is 5.91 Å². The van der Waals surface area contributed by atoms with E-state index in [1.54, 1.807) is 10.8 Å². The lowest BCUT2D eigenvalue weighted by molar-refractivity contribution is 0.0909. The van der Waals surface area contributed by atoms with E-state index in [1.165, 1.54) is 4.57 Å². The molecule has 5 rings (SSSR count). The molecule has 8 heteroatoms. The van der Waals surface area contributed by atoms with Gasteiger partial charge in [-0.2, -0.15) is 0 Å². The maximum absolute atomic E-state index is 13.5. The molecule has 0 bridgehead atoms. The molecule has 0 amide bonds. The fourth-order valence-electron chi connectivity index (χ4n) is 4.85. The number of hydrogen-bond acceptors (Lipinski definition) is 5. The molecule has 0 aliphatic carbocycles. The highest BCUT2D eigenvalue weighted by Crippen LogP contribution is 2.29. The first-order chi connectivity index (χ1) is 19.1. The Bertz CT molecular complexity index is 1570. The SMILES string of the molecule is CCCCCCc1cn(C(=O)Cc2ccccc2)c(=O)n1Cc1ccc(-c2ccccc2-c2nnn[nH]2)cc1. The maximum Gasteiger partial charge on any atom is 0.335 e. The minimum Gasteiger partial charge on any atom is -0.292 e. The summed E-state index contributed by atoms with van der Waals surface area (Å²) in [5.74, 6) is 0.393. The highest BCUT2D eigenvalue weighted by molar-refractivity contribution is 5.81. The number of hydrogen-bond donors (Lipinski definition) is 1. The van der Waals surface area contributed by atoms with Gasteiger partial charge in [0.05, 0.1) is 13.0 Å². The molecular weight excluding hydrogens is 488 g/mol. The molecule has 1 N–H and O–H groups in total. The molecule has 0 fully saturated rings. The summed E-state index contributed by atoms with van der Waals surface area (Å²) in [6, 6.07) is 25.6. The van der Waals surface area contributed by atoms with Crippen molar-refractivity contribution in [3.63, 3.8) is 0 Å². The van der Waals surface area contributed by atoms with Crippen LogP contribution in [0, 0.1) is 0 Å². The maximum atomic E-state index is 13.5. The number of benzene rings is 3. The summed E-state index contributed by atoms with van der Waals surface area (Å²) in [7, 11) is 0. The summed E-state index contributed by atoms with van der Waals surface area (Å²) >= 11 is 0. The van der Waals surface area contributed by atoms with Crippen molar-refractivity contribution in [3.05, 3.63) is 112 Å². The number of unbranched alkanes of at least 4 members (excludes halogenated alkanes) is 3. The van der Waals surface area contributed by atoms with Crippen LogP contribution < -0.4 is 5.69 Å². The summed E-state index contributed by atoms with van der Waals surface area (Å²) in [6.45, 7) is 2.58. The topological polar surface area (TPSA) is 98.5 Å². The van der Waals surface area contributed by atoms with Crippen molar-refractivity contribution in [1.82, 2.24) is 29.8 Å². The number of nitrogens with one attached hydrogen (secondary N) is 1. The van der Waals surface area contributed by atoms with Crippen LogP contribution in [0.15, 0.2) is 89.9 Å². The molecule has 39 heavy (non-hydrogen) atoms. The minimum absolute atomic E-state index is 0.189. The van der Waals surface area contributed by atoms with Crippen molar-refractivity contribution in [2.45, 2.75) is 52.0 Å². The number of aromatic nitrogens is 6. The van der Waals surface area contributed by atoms with Gasteiger partial charge in [0.25, 0.3) is 0 Å². The Morgan fingerprint density at radius 1 is 0.846 bits per heavy atom. The lowest BCUT2D eigenvalue weighted by Crippen LogP contribution is -2.30. The van der Waals surface area contributed by atoms with E-state index in [0.29, 0.717) is 12.4 Å². The van der Waals surface area contributed by atoms with Gasteiger partial charge in [-0.15, -0.1) is 5.10 Å². The normalized spacial score (nSPS) is 11.1. The van der Waals surface area contributed by atoms with Gasteiger partial charge in [0.15, 0.2) is 5.82 Å². The molecule has 5 aromatic rings. The molecule has 0 aliphatic heterocycles. The van der Waals surface area contributed by atoms with Gasteiger partial charge < -0.3 is 0 Å². The zero-order valence-corrected chi connectivity index (χ0v) is 22.1. The zero-order chi connectivity index (χ0) is 27.0. The standard InChI is InChI=1S/C31H32N6O2/c1-2-3-4-8-13-26-22-37(29(38)20-23-11-6-5-7-12-23)31(39)36(26)21-24-16-18-25(19-17-24)27-14-9-10-15-28(27)30-32-34-35-33-30/h5-7,9-12,14-19,22H,2-4,8,13,20-21H2,1H3,(H,32,33,34,35). The second kappa shape index (κ2) is 12.3. The highest BCUT2D eigenvalue weighted by Gasteiger charge is 2.17. The summed E-state index contributed by atoms with van der Waals surface area (Å²) in [5, 5.41) is 14.3. The number of tetrazole rings is 1. The fraction of sp³-hybridized carbons (Fsp3) is 0.258. The molecule has 0 saturated heterocycles. The van der Waals surface area contributed by atoms with Crippen LogP contribution in [0.5, 0.6) is 0 Å². The van der Waals surface area contributed by atoms with Crippen LogP contribution in [-0.2, 0) is 19.4 Å². The van der Waals surface area contributed by atoms with Crippen molar-refractivity contribution in [1.29, 1.82) is 0 Å². The van der Waals surface area contributed by atoms with Crippen LogP contribution >= 0.6 is 0 Å². The van der Waals surface area contributed by atoms with Crippen LogP contribution in [-0.4, -0.2) is 35.7 Å². The number of imidazole rings is 1. The molecule has 0 radical (unpaired) electrons. The Morgan fingerprint density at radius 3 is 2.31 bits per heavy atom. The van der Waals surface area contributed by atoms with Gasteiger partial charge >= 0.3 is 5.69 Å². The van der Waals surface area contributed by atoms with E-state index in [-0.39, 0.29) is 18.0 Å². The third-order valence-electron chi connectivity index (χ3n) is 6.95. The van der Waals surface area contributed by atoms with E-state index < -0.39 is 0 Å². The number of aryl methyl sites for hydroxylation is 1. The molecule has 0 atom stereocenters. The van der Waals surface area contributed by atoms with Crippen molar-refractivity contribution in [3.8, 4) is 22.5 Å². The molecule has 3 aromatic carbocycles. The number of carbonyl (C=O) groups is 1. The van der Waals surface area contributed by atoms with Crippen molar-refractivity contribution in [2.75, 3.05) is 0 Å². The van der Waals surface area contributed by atoms with Gasteiger partial charge in [-0.25, -0.2) is 14.5 Å². The largest absolute Gasteiger partial charge is 0.335 e. The smallest absolute Gasteiger partial charge is 0.292 e. The monoisotopic (exact) mass is 520 g/mol. The first-order valence-corrected chi connectivity index (χ1v) is 13.4. The number of H-pyrrole nitrogens is 1. The third kappa shape index (κ3) is 6.12. The molecule has 198 valence electrons. The Morgan fingerprint density at radius 2 is 1.59 bits per heavy atom. The van der Waals surface area contributed by atoms with Gasteiger partial charge in [0, 0.05) is 17.5 Å². The molecular formula is C31H32N6O2. The Balaban J connectivity index is 1.40. The molecule has 2 heterocycles. The third-order valence-corrected chi connectivity index (χ3v) is 6.95. The number of nitrogens with zero attached hydrogens (tertiary/aromatic N) is 5. The minimum atomic E-state index is -0.284. The highest BCUT2D eigenvalue weighted by atomic mass is 16.2. The Hall–Kier alpha value is -4.59. The van der Waals surface area contributed by atoms with Gasteiger partial charge in [0.2, 0.25) is 5.91 Å².